The minimum Gasteiger partial charge on any atom is -0.375 e. The molecule has 0 radical (unpaired) electrons. The lowest BCUT2D eigenvalue weighted by Gasteiger charge is -2.39. The molecular formula is C17H26ClN3O3S. The van der Waals surface area contributed by atoms with Crippen LogP contribution in [0.5, 0.6) is 0 Å². The third-order valence-corrected chi connectivity index (χ3v) is 7.31. The number of nitrogens with one attached hydrogen (secondary N) is 1. The van der Waals surface area contributed by atoms with Crippen LogP contribution in [-0.4, -0.2) is 63.6 Å². The zero-order valence-corrected chi connectivity index (χ0v) is 16.7. The maximum atomic E-state index is 12.2. The van der Waals surface area contributed by atoms with Gasteiger partial charge in [-0.2, -0.15) is 0 Å². The third kappa shape index (κ3) is 4.65. The monoisotopic (exact) mass is 387 g/mol. The molecule has 0 spiro atoms. The molecule has 0 aromatic heterocycles. The molecule has 6 nitrogen and oxygen atoms in total. The molecule has 1 N–H and O–H groups in total. The zero-order chi connectivity index (χ0) is 18.7. The molecule has 140 valence electrons. The molecule has 1 atom stereocenters. The lowest BCUT2D eigenvalue weighted by molar-refractivity contribution is 0.105. The van der Waals surface area contributed by atoms with Crippen LogP contribution < -0.4 is 5.32 Å². The SMILES string of the molecule is CN=C(NCC(OC)c1ccc(Cl)cc1)N1CCS(=O)(=O)C(C)(C)C1. The molecule has 1 aliphatic rings. The summed E-state index contributed by atoms with van der Waals surface area (Å²) in [4.78, 5) is 6.28. The van der Waals surface area contributed by atoms with Gasteiger partial charge in [-0.15, -0.1) is 0 Å². The van der Waals surface area contributed by atoms with Crippen molar-refractivity contribution in [3.8, 4) is 0 Å². The average molecular weight is 388 g/mol. The van der Waals surface area contributed by atoms with E-state index in [2.05, 4.69) is 10.3 Å². The number of hydrogen-bond donors (Lipinski definition) is 1. The van der Waals surface area contributed by atoms with Gasteiger partial charge in [-0.1, -0.05) is 23.7 Å². The molecule has 1 heterocycles. The quantitative estimate of drug-likeness (QED) is 0.632. The minimum atomic E-state index is -3.08. The second kappa shape index (κ2) is 7.93. The normalized spacial score (nSPS) is 21.0. The molecule has 0 saturated carbocycles. The first-order valence-corrected chi connectivity index (χ1v) is 10.2. The van der Waals surface area contributed by atoms with Gasteiger partial charge in [0.05, 0.1) is 16.6 Å². The molecule has 1 aromatic rings. The summed E-state index contributed by atoms with van der Waals surface area (Å²) in [5.74, 6) is 0.810. The standard InChI is InChI=1S/C17H26ClN3O3S/c1-17(2)12-21(9-10-25(17,22)23)16(19-3)20-11-15(24-4)13-5-7-14(18)8-6-13/h5-8,15H,9-12H2,1-4H3,(H,19,20). The fourth-order valence-corrected chi connectivity index (χ4v) is 4.35. The second-order valence-electron chi connectivity index (χ2n) is 6.70. The van der Waals surface area contributed by atoms with Crippen molar-refractivity contribution in [1.82, 2.24) is 10.2 Å². The Bertz CT molecular complexity index is 717. The summed E-state index contributed by atoms with van der Waals surface area (Å²) >= 11 is 5.93. The molecule has 1 saturated heterocycles. The molecule has 0 aliphatic carbocycles. The van der Waals surface area contributed by atoms with E-state index in [0.717, 1.165) is 5.56 Å². The number of halogens is 1. The van der Waals surface area contributed by atoms with Crippen molar-refractivity contribution in [2.24, 2.45) is 4.99 Å². The Balaban J connectivity index is 2.04. The number of sulfone groups is 1. The molecular weight excluding hydrogens is 362 g/mol. The van der Waals surface area contributed by atoms with Crippen LogP contribution in [0.2, 0.25) is 5.02 Å². The summed E-state index contributed by atoms with van der Waals surface area (Å²) in [6.45, 7) is 4.88. The first kappa shape index (κ1) is 20.0. The van der Waals surface area contributed by atoms with Crippen molar-refractivity contribution >= 4 is 27.4 Å². The maximum Gasteiger partial charge on any atom is 0.193 e. The molecule has 0 bridgehead atoms. The molecule has 2 rings (SSSR count). The fraction of sp³-hybridized carbons (Fsp3) is 0.588. The summed E-state index contributed by atoms with van der Waals surface area (Å²) in [6.07, 6.45) is -0.157. The highest BCUT2D eigenvalue weighted by molar-refractivity contribution is 7.92. The number of aliphatic imine (C=N–C) groups is 1. The molecule has 1 unspecified atom stereocenters. The first-order chi connectivity index (χ1) is 11.7. The minimum absolute atomic E-state index is 0.131. The third-order valence-electron chi connectivity index (χ3n) is 4.53. The van der Waals surface area contributed by atoms with Gasteiger partial charge in [0.25, 0.3) is 0 Å². The molecule has 1 aromatic carbocycles. The zero-order valence-electron chi connectivity index (χ0n) is 15.1. The lowest BCUT2D eigenvalue weighted by atomic mass is 10.1. The number of ether oxygens (including phenoxy) is 1. The number of hydrogen-bond acceptors (Lipinski definition) is 4. The average Bonchev–Trinajstić information content (AvgIpc) is 2.56. The maximum absolute atomic E-state index is 12.2. The van der Waals surface area contributed by atoms with E-state index in [1.165, 1.54) is 0 Å². The van der Waals surface area contributed by atoms with Crippen molar-refractivity contribution in [1.29, 1.82) is 0 Å². The predicted octanol–water partition coefficient (Wildman–Crippen LogP) is 2.11. The van der Waals surface area contributed by atoms with Crippen LogP contribution in [0.3, 0.4) is 0 Å². The Hall–Kier alpha value is -1.31. The van der Waals surface area contributed by atoms with Crippen molar-refractivity contribution in [3.05, 3.63) is 34.9 Å². The van der Waals surface area contributed by atoms with E-state index >= 15 is 0 Å². The van der Waals surface area contributed by atoms with Crippen LogP contribution in [0.15, 0.2) is 29.3 Å². The smallest absolute Gasteiger partial charge is 0.193 e. The summed E-state index contributed by atoms with van der Waals surface area (Å²) in [5.41, 5.74) is 1.01. The fourth-order valence-electron chi connectivity index (χ4n) is 2.86. The van der Waals surface area contributed by atoms with Crippen molar-refractivity contribution < 1.29 is 13.2 Å². The van der Waals surface area contributed by atoms with Gasteiger partial charge in [-0.05, 0) is 31.5 Å². The van der Waals surface area contributed by atoms with Gasteiger partial charge >= 0.3 is 0 Å². The Morgan fingerprint density at radius 2 is 2.04 bits per heavy atom. The lowest BCUT2D eigenvalue weighted by Crippen LogP contribution is -2.57. The van der Waals surface area contributed by atoms with Crippen LogP contribution >= 0.6 is 11.6 Å². The number of methoxy groups -OCH3 is 1. The van der Waals surface area contributed by atoms with Gasteiger partial charge in [-0.25, -0.2) is 8.42 Å². The van der Waals surface area contributed by atoms with Crippen molar-refractivity contribution in [2.45, 2.75) is 24.7 Å². The van der Waals surface area contributed by atoms with E-state index in [1.54, 1.807) is 28.0 Å². The highest BCUT2D eigenvalue weighted by Crippen LogP contribution is 2.24. The molecule has 1 fully saturated rings. The van der Waals surface area contributed by atoms with Gasteiger partial charge in [-0.3, -0.25) is 4.99 Å². The van der Waals surface area contributed by atoms with Crippen LogP contribution in [-0.2, 0) is 14.6 Å². The largest absolute Gasteiger partial charge is 0.375 e. The Morgan fingerprint density at radius 1 is 1.40 bits per heavy atom. The molecule has 25 heavy (non-hydrogen) atoms. The van der Waals surface area contributed by atoms with Crippen LogP contribution in [0, 0.1) is 0 Å². The Labute approximate surface area is 155 Å². The second-order valence-corrected chi connectivity index (χ2v) is 9.88. The summed E-state index contributed by atoms with van der Waals surface area (Å²) < 4.78 is 29.1. The highest BCUT2D eigenvalue weighted by Gasteiger charge is 2.41. The number of rotatable bonds is 4. The molecule has 0 amide bonds. The van der Waals surface area contributed by atoms with Crippen LogP contribution in [0.1, 0.15) is 25.5 Å². The molecule has 8 heteroatoms. The molecule has 1 aliphatic heterocycles. The Kier molecular flexibility index (Phi) is 6.35. The van der Waals surface area contributed by atoms with E-state index in [9.17, 15) is 8.42 Å². The Morgan fingerprint density at radius 3 is 2.56 bits per heavy atom. The van der Waals surface area contributed by atoms with E-state index in [1.807, 2.05) is 29.2 Å². The number of nitrogens with zero attached hydrogens (tertiary/aromatic N) is 2. The first-order valence-electron chi connectivity index (χ1n) is 8.16. The van der Waals surface area contributed by atoms with E-state index in [-0.39, 0.29) is 11.9 Å². The van der Waals surface area contributed by atoms with Crippen LogP contribution in [0.25, 0.3) is 0 Å². The van der Waals surface area contributed by atoms with Gasteiger partial charge in [0.1, 0.15) is 0 Å². The van der Waals surface area contributed by atoms with E-state index < -0.39 is 14.6 Å². The van der Waals surface area contributed by atoms with Crippen molar-refractivity contribution in [3.63, 3.8) is 0 Å². The van der Waals surface area contributed by atoms with E-state index in [0.29, 0.717) is 30.6 Å². The number of benzene rings is 1. The van der Waals surface area contributed by atoms with Crippen LogP contribution in [0.4, 0.5) is 0 Å². The predicted molar refractivity (Wildman–Crippen MR) is 102 cm³/mol. The van der Waals surface area contributed by atoms with E-state index in [4.69, 9.17) is 16.3 Å². The topological polar surface area (TPSA) is 71.0 Å². The van der Waals surface area contributed by atoms with Gasteiger partial charge < -0.3 is 15.0 Å². The van der Waals surface area contributed by atoms with Gasteiger partial charge in [0, 0.05) is 38.8 Å². The summed E-state index contributed by atoms with van der Waals surface area (Å²) in [5, 5.41) is 3.97. The van der Waals surface area contributed by atoms with Crippen molar-refractivity contribution in [2.75, 3.05) is 39.5 Å². The van der Waals surface area contributed by atoms with Gasteiger partial charge in [0.2, 0.25) is 0 Å². The van der Waals surface area contributed by atoms with Gasteiger partial charge in [0.15, 0.2) is 15.8 Å². The number of guanidine groups is 1. The highest BCUT2D eigenvalue weighted by atomic mass is 35.5. The summed E-state index contributed by atoms with van der Waals surface area (Å²) in [7, 11) is 0.270. The summed E-state index contributed by atoms with van der Waals surface area (Å²) in [6, 6.07) is 7.51.